The largest absolute Gasteiger partial charge is 0.497 e. The normalized spacial score (nSPS) is 23.2. The van der Waals surface area contributed by atoms with Crippen LogP contribution >= 0.6 is 12.2 Å². The van der Waals surface area contributed by atoms with Gasteiger partial charge in [0.25, 0.3) is 0 Å². The second kappa shape index (κ2) is 11.1. The Morgan fingerprint density at radius 2 is 1.80 bits per heavy atom. The number of pyridine rings is 1. The van der Waals surface area contributed by atoms with E-state index in [4.69, 9.17) is 17.0 Å². The molecule has 6 rings (SSSR count). The van der Waals surface area contributed by atoms with E-state index in [-0.39, 0.29) is 17.2 Å². The van der Waals surface area contributed by atoms with Crippen LogP contribution in [0.3, 0.4) is 0 Å². The van der Waals surface area contributed by atoms with Gasteiger partial charge in [0.05, 0.1) is 29.8 Å². The molecule has 5 atom stereocenters. The van der Waals surface area contributed by atoms with Crippen molar-refractivity contribution < 1.29 is 31.1 Å². The predicted molar refractivity (Wildman–Crippen MR) is 149 cm³/mol. The first kappa shape index (κ1) is 29.1. The molecule has 0 aliphatic carbocycles. The SMILES string of the molecule is C=C[C@H]1CN2CC[C@@H]1C[C@@H]2[C@@H](NC(=S)Nc1cc(C(F)(F)F)cc(C(F)(F)F)c1)c1ccnc2ccc(OC)cc12. The van der Waals surface area contributed by atoms with Gasteiger partial charge in [-0.3, -0.25) is 9.88 Å². The monoisotopic (exact) mass is 594 g/mol. The summed E-state index contributed by atoms with van der Waals surface area (Å²) in [7, 11) is 1.55. The van der Waals surface area contributed by atoms with Gasteiger partial charge in [0.1, 0.15) is 5.75 Å². The lowest BCUT2D eigenvalue weighted by molar-refractivity contribution is -0.143. The van der Waals surface area contributed by atoms with Gasteiger partial charge < -0.3 is 15.4 Å². The Kier molecular flexibility index (Phi) is 7.90. The molecule has 0 amide bonds. The van der Waals surface area contributed by atoms with Crippen LogP contribution in [0.4, 0.5) is 32.0 Å². The van der Waals surface area contributed by atoms with Crippen molar-refractivity contribution in [2.45, 2.75) is 37.3 Å². The van der Waals surface area contributed by atoms with E-state index in [9.17, 15) is 26.3 Å². The third kappa shape index (κ3) is 6.13. The number of fused-ring (bicyclic) bond motifs is 4. The molecule has 2 N–H and O–H groups in total. The first-order valence-corrected chi connectivity index (χ1v) is 13.4. The summed E-state index contributed by atoms with van der Waals surface area (Å²) < 4.78 is 86.0. The third-order valence-electron chi connectivity index (χ3n) is 7.99. The molecule has 3 aliphatic heterocycles. The second-order valence-corrected chi connectivity index (χ2v) is 10.8. The molecule has 41 heavy (non-hydrogen) atoms. The number of alkyl halides is 6. The van der Waals surface area contributed by atoms with E-state index in [1.807, 2.05) is 24.3 Å². The molecule has 1 unspecified atom stereocenters. The molecule has 1 aromatic heterocycles. The van der Waals surface area contributed by atoms with Gasteiger partial charge in [-0.2, -0.15) is 26.3 Å². The van der Waals surface area contributed by atoms with Crippen molar-refractivity contribution >= 4 is 33.9 Å². The number of methoxy groups -OCH3 is 1. The molecule has 2 bridgehead atoms. The minimum atomic E-state index is -4.97. The third-order valence-corrected chi connectivity index (χ3v) is 8.21. The summed E-state index contributed by atoms with van der Waals surface area (Å²) in [6, 6.07) is 8.15. The topological polar surface area (TPSA) is 49.4 Å². The molecular formula is C29H28F6N4OS. The molecule has 0 spiro atoms. The number of hydrogen-bond acceptors (Lipinski definition) is 4. The standard InChI is InChI=1S/C29H28F6N4OS/c1-3-16-15-39-9-7-17(16)10-25(39)26(22-6-8-36-24-5-4-21(40-2)14-23(22)24)38-27(41)37-20-12-18(28(30,31)32)11-19(13-20)29(33,34)35/h3-6,8,11-14,16-17,25-26H,1,7,9-10,15H2,2H3,(H2,37,38,41)/t16-,17+,25+,26-/m0/s1. The Hall–Kier alpha value is -3.38. The van der Waals surface area contributed by atoms with Crippen LogP contribution in [-0.2, 0) is 12.4 Å². The fourth-order valence-corrected chi connectivity index (χ4v) is 6.23. The smallest absolute Gasteiger partial charge is 0.416 e. The summed E-state index contributed by atoms with van der Waals surface area (Å²) >= 11 is 5.50. The Morgan fingerprint density at radius 3 is 2.39 bits per heavy atom. The van der Waals surface area contributed by atoms with Crippen molar-refractivity contribution in [2.75, 3.05) is 25.5 Å². The average molecular weight is 595 g/mol. The van der Waals surface area contributed by atoms with Crippen LogP contribution in [0.5, 0.6) is 5.75 Å². The van der Waals surface area contributed by atoms with Crippen molar-refractivity contribution in [3.63, 3.8) is 0 Å². The highest BCUT2D eigenvalue weighted by atomic mass is 32.1. The van der Waals surface area contributed by atoms with Crippen LogP contribution in [0, 0.1) is 11.8 Å². The summed E-state index contributed by atoms with van der Waals surface area (Å²) in [5.74, 6) is 1.35. The zero-order chi connectivity index (χ0) is 29.5. The van der Waals surface area contributed by atoms with Gasteiger partial charge in [0, 0.05) is 29.9 Å². The fraction of sp³-hybridized carbons (Fsp3) is 0.379. The molecule has 3 saturated heterocycles. The Bertz CT molecular complexity index is 1430. The van der Waals surface area contributed by atoms with Crippen molar-refractivity contribution in [2.24, 2.45) is 11.8 Å². The Morgan fingerprint density at radius 1 is 1.10 bits per heavy atom. The molecule has 218 valence electrons. The molecule has 4 heterocycles. The van der Waals surface area contributed by atoms with Crippen molar-refractivity contribution in [1.82, 2.24) is 15.2 Å². The van der Waals surface area contributed by atoms with Crippen LogP contribution < -0.4 is 15.4 Å². The number of halogens is 6. The fourth-order valence-electron chi connectivity index (χ4n) is 5.99. The maximum Gasteiger partial charge on any atom is 0.416 e. The average Bonchev–Trinajstić information content (AvgIpc) is 2.94. The molecule has 2 aromatic carbocycles. The first-order chi connectivity index (χ1) is 19.4. The molecule has 3 aliphatic rings. The lowest BCUT2D eigenvalue weighted by Gasteiger charge is -2.52. The Balaban J connectivity index is 1.51. The summed E-state index contributed by atoms with van der Waals surface area (Å²) in [6.07, 6.45) is -4.48. The lowest BCUT2D eigenvalue weighted by Crippen LogP contribution is -2.57. The molecular weight excluding hydrogens is 566 g/mol. The maximum absolute atomic E-state index is 13.4. The van der Waals surface area contributed by atoms with Gasteiger partial charge in [-0.15, -0.1) is 6.58 Å². The van der Waals surface area contributed by atoms with E-state index in [0.717, 1.165) is 36.9 Å². The van der Waals surface area contributed by atoms with Crippen LogP contribution in [0.1, 0.15) is 35.6 Å². The van der Waals surface area contributed by atoms with E-state index in [1.165, 1.54) is 0 Å². The number of thiocarbonyl (C=S) groups is 1. The number of nitrogens with one attached hydrogen (secondary N) is 2. The number of piperidine rings is 3. The van der Waals surface area contributed by atoms with Gasteiger partial charge in [-0.25, -0.2) is 0 Å². The number of rotatable bonds is 6. The molecule has 0 saturated carbocycles. The summed E-state index contributed by atoms with van der Waals surface area (Å²) in [5.41, 5.74) is -1.71. The first-order valence-electron chi connectivity index (χ1n) is 13.0. The quantitative estimate of drug-likeness (QED) is 0.179. The maximum atomic E-state index is 13.4. The van der Waals surface area contributed by atoms with Crippen molar-refractivity contribution in [3.05, 3.63) is 78.0 Å². The number of anilines is 1. The summed E-state index contributed by atoms with van der Waals surface area (Å²) in [5, 5.41) is 6.52. The van der Waals surface area contributed by atoms with Gasteiger partial charge in [0.15, 0.2) is 5.11 Å². The number of nitrogens with zero attached hydrogens (tertiary/aromatic N) is 2. The predicted octanol–water partition coefficient (Wildman–Crippen LogP) is 7.21. The number of ether oxygens (including phenoxy) is 1. The van der Waals surface area contributed by atoms with Crippen LogP contribution in [0.25, 0.3) is 10.9 Å². The molecule has 12 heteroatoms. The van der Waals surface area contributed by atoms with Crippen LogP contribution in [0.15, 0.2) is 61.3 Å². The molecule has 0 radical (unpaired) electrons. The molecule has 5 nitrogen and oxygen atoms in total. The van der Waals surface area contributed by atoms with E-state index in [2.05, 4.69) is 27.1 Å². The molecule has 3 aromatic rings. The van der Waals surface area contributed by atoms with E-state index in [0.29, 0.717) is 35.2 Å². The Labute approximate surface area is 238 Å². The van der Waals surface area contributed by atoms with E-state index < -0.39 is 35.2 Å². The highest BCUT2D eigenvalue weighted by Gasteiger charge is 2.43. The lowest BCUT2D eigenvalue weighted by atomic mass is 9.73. The van der Waals surface area contributed by atoms with Crippen molar-refractivity contribution in [1.29, 1.82) is 0 Å². The van der Waals surface area contributed by atoms with Gasteiger partial charge in [-0.1, -0.05) is 6.08 Å². The summed E-state index contributed by atoms with van der Waals surface area (Å²) in [6.45, 7) is 5.63. The van der Waals surface area contributed by atoms with Crippen LogP contribution in [0.2, 0.25) is 0 Å². The van der Waals surface area contributed by atoms with Gasteiger partial charge in [-0.05, 0) is 91.5 Å². The van der Waals surface area contributed by atoms with Gasteiger partial charge in [0.2, 0.25) is 0 Å². The number of aromatic nitrogens is 1. The highest BCUT2D eigenvalue weighted by Crippen LogP contribution is 2.43. The second-order valence-electron chi connectivity index (χ2n) is 10.4. The number of benzene rings is 2. The summed E-state index contributed by atoms with van der Waals surface area (Å²) in [4.78, 5) is 6.80. The zero-order valence-electron chi connectivity index (χ0n) is 22.0. The number of hydrogen-bond donors (Lipinski definition) is 2. The molecule has 3 fully saturated rings. The minimum absolute atomic E-state index is 0.0475. The highest BCUT2D eigenvalue weighted by molar-refractivity contribution is 7.80. The zero-order valence-corrected chi connectivity index (χ0v) is 22.8. The van der Waals surface area contributed by atoms with Gasteiger partial charge >= 0.3 is 12.4 Å². The minimum Gasteiger partial charge on any atom is -0.497 e. The van der Waals surface area contributed by atoms with E-state index in [1.54, 1.807) is 19.4 Å². The van der Waals surface area contributed by atoms with Crippen LogP contribution in [-0.4, -0.2) is 41.2 Å². The van der Waals surface area contributed by atoms with E-state index >= 15 is 0 Å². The van der Waals surface area contributed by atoms with Crippen molar-refractivity contribution in [3.8, 4) is 5.75 Å².